The topological polar surface area (TPSA) is 71.4 Å². The van der Waals surface area contributed by atoms with E-state index in [1.54, 1.807) is 0 Å². The summed E-state index contributed by atoms with van der Waals surface area (Å²) in [6.45, 7) is 3.49. The molecule has 0 aliphatic rings. The second-order valence-electron chi connectivity index (χ2n) is 5.29. The highest BCUT2D eigenvalue weighted by molar-refractivity contribution is 7.92. The summed E-state index contributed by atoms with van der Waals surface area (Å²) in [6.07, 6.45) is -6.37. The van der Waals surface area contributed by atoms with Gasteiger partial charge < -0.3 is 5.11 Å². The summed E-state index contributed by atoms with van der Waals surface area (Å²) in [6, 6.07) is 0.779. The second-order valence-corrected chi connectivity index (χ2v) is 7.73. The van der Waals surface area contributed by atoms with Gasteiger partial charge in [-0.25, -0.2) is 13.2 Å². The van der Waals surface area contributed by atoms with Crippen molar-refractivity contribution in [3.8, 4) is 0 Å². The van der Waals surface area contributed by atoms with Crippen LogP contribution in [0.1, 0.15) is 42.3 Å². The summed E-state index contributed by atoms with van der Waals surface area (Å²) in [5.41, 5.74) is -2.96. The van der Waals surface area contributed by atoms with Crippen LogP contribution in [0, 0.1) is 0 Å². The average molecular weight is 374 g/mol. The van der Waals surface area contributed by atoms with Crippen LogP contribution in [-0.4, -0.2) is 30.9 Å². The zero-order chi connectivity index (χ0) is 19.1. The molecule has 1 N–H and O–H groups in total. The molecule has 0 atom stereocenters. The van der Waals surface area contributed by atoms with E-state index in [4.69, 9.17) is 5.11 Å². The molecule has 0 radical (unpaired) electrons. The van der Waals surface area contributed by atoms with E-state index in [0.29, 0.717) is 6.07 Å². The van der Waals surface area contributed by atoms with E-state index < -0.39 is 54.7 Å². The third kappa shape index (κ3) is 3.24. The summed E-state index contributed by atoms with van der Waals surface area (Å²) in [4.78, 5) is 9.92. The van der Waals surface area contributed by atoms with Crippen molar-refractivity contribution in [1.29, 1.82) is 0 Å². The first-order valence-corrected chi connectivity index (χ1v) is 8.32. The number of carboxylic acid groups (broad SMARTS) is 1. The molecular formula is C14H15F5O4S. The number of rotatable bonds is 5. The van der Waals surface area contributed by atoms with Gasteiger partial charge in [0.05, 0.1) is 15.7 Å². The Balaban J connectivity index is 4.05. The molecule has 136 valence electrons. The van der Waals surface area contributed by atoms with Gasteiger partial charge >= 0.3 is 18.1 Å². The Morgan fingerprint density at radius 1 is 1.17 bits per heavy atom. The van der Waals surface area contributed by atoms with Gasteiger partial charge in [0.25, 0.3) is 0 Å². The molecule has 0 spiro atoms. The standard InChI is InChI=1S/C14H15F5O4S/c1-4-8-9(12(20)21)5-6-10(13(15,16)14(17,18)19)11(8)24(22,23)7(2)3/h5-7H,4H2,1-3H3,(H,20,21). The van der Waals surface area contributed by atoms with Crippen molar-refractivity contribution in [2.24, 2.45) is 0 Å². The van der Waals surface area contributed by atoms with Gasteiger partial charge in [0.15, 0.2) is 9.84 Å². The van der Waals surface area contributed by atoms with Crippen LogP contribution in [0.2, 0.25) is 0 Å². The third-order valence-electron chi connectivity index (χ3n) is 3.44. The van der Waals surface area contributed by atoms with E-state index in [-0.39, 0.29) is 12.5 Å². The Bertz CT molecular complexity index is 751. The van der Waals surface area contributed by atoms with Crippen molar-refractivity contribution in [1.82, 2.24) is 0 Å². The van der Waals surface area contributed by atoms with Gasteiger partial charge in [0.2, 0.25) is 0 Å². The maximum atomic E-state index is 13.8. The molecule has 1 aromatic carbocycles. The summed E-state index contributed by atoms with van der Waals surface area (Å²) < 4.78 is 90.6. The van der Waals surface area contributed by atoms with Crippen molar-refractivity contribution in [2.45, 2.75) is 49.4 Å². The van der Waals surface area contributed by atoms with Crippen LogP contribution in [0.4, 0.5) is 22.0 Å². The number of aromatic carboxylic acids is 1. The van der Waals surface area contributed by atoms with Crippen LogP contribution in [0.15, 0.2) is 17.0 Å². The lowest BCUT2D eigenvalue weighted by atomic mass is 9.98. The predicted molar refractivity (Wildman–Crippen MR) is 75.1 cm³/mol. The first-order chi connectivity index (χ1) is 10.7. The normalized spacial score (nSPS) is 13.4. The zero-order valence-electron chi connectivity index (χ0n) is 12.9. The fraction of sp³-hybridized carbons (Fsp3) is 0.500. The van der Waals surface area contributed by atoms with Crippen LogP contribution in [0.25, 0.3) is 0 Å². The molecule has 0 aliphatic carbocycles. The van der Waals surface area contributed by atoms with Crippen molar-refractivity contribution in [2.75, 3.05) is 0 Å². The van der Waals surface area contributed by atoms with Gasteiger partial charge in [-0.05, 0) is 31.9 Å². The molecule has 0 saturated heterocycles. The highest BCUT2D eigenvalue weighted by Gasteiger charge is 2.60. The van der Waals surface area contributed by atoms with Crippen LogP contribution in [-0.2, 0) is 22.2 Å². The Kier molecular flexibility index (Phi) is 5.34. The van der Waals surface area contributed by atoms with Crippen LogP contribution < -0.4 is 0 Å². The van der Waals surface area contributed by atoms with Crippen molar-refractivity contribution < 1.29 is 40.3 Å². The first-order valence-electron chi connectivity index (χ1n) is 6.77. The number of benzene rings is 1. The molecule has 0 saturated carbocycles. The Morgan fingerprint density at radius 2 is 1.67 bits per heavy atom. The molecule has 0 amide bonds. The van der Waals surface area contributed by atoms with E-state index in [1.165, 1.54) is 6.92 Å². The van der Waals surface area contributed by atoms with Gasteiger partial charge in [-0.3, -0.25) is 0 Å². The summed E-state index contributed by atoms with van der Waals surface area (Å²) in [5, 5.41) is 7.76. The fourth-order valence-corrected chi connectivity index (χ4v) is 3.71. The lowest BCUT2D eigenvalue weighted by Crippen LogP contribution is -2.36. The van der Waals surface area contributed by atoms with Gasteiger partial charge in [-0.15, -0.1) is 0 Å². The number of sulfone groups is 1. The van der Waals surface area contributed by atoms with Crippen molar-refractivity contribution >= 4 is 15.8 Å². The molecule has 0 heterocycles. The number of alkyl halides is 5. The number of carbonyl (C=O) groups is 1. The molecule has 0 bridgehead atoms. The van der Waals surface area contributed by atoms with E-state index in [1.807, 2.05) is 0 Å². The Labute approximate surface area is 135 Å². The van der Waals surface area contributed by atoms with Gasteiger partial charge in [-0.1, -0.05) is 13.0 Å². The minimum absolute atomic E-state index is 0.214. The number of halogens is 5. The quantitative estimate of drug-likeness (QED) is 0.796. The van der Waals surface area contributed by atoms with E-state index in [0.717, 1.165) is 13.8 Å². The molecule has 1 aromatic rings. The lowest BCUT2D eigenvalue weighted by molar-refractivity contribution is -0.290. The largest absolute Gasteiger partial charge is 0.478 e. The molecule has 0 aromatic heterocycles. The Morgan fingerprint density at radius 3 is 2.00 bits per heavy atom. The summed E-state index contributed by atoms with van der Waals surface area (Å²) in [5.74, 6) is -7.06. The minimum atomic E-state index is -6.02. The number of hydrogen-bond donors (Lipinski definition) is 1. The SMILES string of the molecule is CCc1c(C(=O)O)ccc(C(F)(F)C(F)(F)F)c1S(=O)(=O)C(C)C. The first kappa shape index (κ1) is 20.3. The van der Waals surface area contributed by atoms with Gasteiger partial charge in [-0.2, -0.15) is 22.0 Å². The molecule has 0 unspecified atom stereocenters. The minimum Gasteiger partial charge on any atom is -0.478 e. The highest BCUT2D eigenvalue weighted by atomic mass is 32.2. The van der Waals surface area contributed by atoms with Gasteiger partial charge in [0, 0.05) is 5.56 Å². The molecule has 1 rings (SSSR count). The maximum absolute atomic E-state index is 13.8. The van der Waals surface area contributed by atoms with E-state index >= 15 is 0 Å². The highest BCUT2D eigenvalue weighted by Crippen LogP contribution is 2.47. The maximum Gasteiger partial charge on any atom is 0.458 e. The molecule has 0 fully saturated rings. The van der Waals surface area contributed by atoms with Crippen molar-refractivity contribution in [3.63, 3.8) is 0 Å². The molecule has 24 heavy (non-hydrogen) atoms. The van der Waals surface area contributed by atoms with Gasteiger partial charge in [0.1, 0.15) is 0 Å². The van der Waals surface area contributed by atoms with E-state index in [9.17, 15) is 35.2 Å². The summed E-state index contributed by atoms with van der Waals surface area (Å²) in [7, 11) is -4.59. The van der Waals surface area contributed by atoms with E-state index in [2.05, 4.69) is 0 Å². The second kappa shape index (κ2) is 6.30. The summed E-state index contributed by atoms with van der Waals surface area (Å²) >= 11 is 0. The molecule has 4 nitrogen and oxygen atoms in total. The monoisotopic (exact) mass is 374 g/mol. The van der Waals surface area contributed by atoms with Crippen LogP contribution >= 0.6 is 0 Å². The van der Waals surface area contributed by atoms with Crippen LogP contribution in [0.5, 0.6) is 0 Å². The lowest BCUT2D eigenvalue weighted by Gasteiger charge is -2.25. The van der Waals surface area contributed by atoms with Crippen molar-refractivity contribution in [3.05, 3.63) is 28.8 Å². The number of hydrogen-bond acceptors (Lipinski definition) is 3. The van der Waals surface area contributed by atoms with Crippen LogP contribution in [0.3, 0.4) is 0 Å². The Hall–Kier alpha value is -1.71. The molecule has 0 aliphatic heterocycles. The third-order valence-corrected chi connectivity index (χ3v) is 5.72. The fourth-order valence-electron chi connectivity index (χ4n) is 2.14. The molecular weight excluding hydrogens is 359 g/mol. The molecule has 10 heteroatoms. The average Bonchev–Trinajstić information content (AvgIpc) is 2.43. The smallest absolute Gasteiger partial charge is 0.458 e. The number of carboxylic acids is 1. The zero-order valence-corrected chi connectivity index (χ0v) is 13.7. The predicted octanol–water partition coefficient (Wildman–Crippen LogP) is 3.78.